The Morgan fingerprint density at radius 2 is 1.56 bits per heavy atom. The lowest BCUT2D eigenvalue weighted by Crippen LogP contribution is -2.08. The Kier molecular flexibility index (Phi) is 6.18. The van der Waals surface area contributed by atoms with Crippen LogP contribution in [0.5, 0.6) is 5.75 Å². The molecule has 3 heteroatoms. The second kappa shape index (κ2) is 7.41. The topological polar surface area (TPSA) is 9.23 Å². The molecule has 0 amide bonds. The van der Waals surface area contributed by atoms with Crippen LogP contribution in [0.1, 0.15) is 13.8 Å². The Balaban J connectivity index is 0.00000162. The van der Waals surface area contributed by atoms with E-state index in [9.17, 15) is 0 Å². The molecule has 0 N–H and O–H groups in total. The van der Waals surface area contributed by atoms with E-state index in [4.69, 9.17) is 4.74 Å². The Labute approximate surface area is 117 Å². The molecule has 0 bridgehead atoms. The zero-order valence-electron chi connectivity index (χ0n) is 10.6. The molecule has 18 heavy (non-hydrogen) atoms. The molecule has 1 unspecified atom stereocenters. The molecule has 0 aliphatic heterocycles. The van der Waals surface area contributed by atoms with Gasteiger partial charge in [0.25, 0.3) is 0 Å². The van der Waals surface area contributed by atoms with Crippen molar-refractivity contribution in [3.05, 3.63) is 54.6 Å². The van der Waals surface area contributed by atoms with Gasteiger partial charge < -0.3 is 4.74 Å². The fraction of sp³-hybridized carbons (Fsp3) is 0.200. The molecule has 0 radical (unpaired) electrons. The summed E-state index contributed by atoms with van der Waals surface area (Å²) in [6, 6.07) is 18.9. The minimum Gasteiger partial charge on any atom is -0.491 e. The molecular weight excluding hydrogens is 263 g/mol. The third-order valence-corrected chi connectivity index (χ3v) is 3.49. The molecule has 1 nitrogen and oxygen atoms in total. The molecule has 2 rings (SSSR count). The van der Waals surface area contributed by atoms with E-state index < -0.39 is 0 Å². The zero-order chi connectivity index (χ0) is 12.1. The second-order valence-corrected chi connectivity index (χ2v) is 5.59. The van der Waals surface area contributed by atoms with Gasteiger partial charge >= 0.3 is 0 Å². The Morgan fingerprint density at radius 3 is 2.22 bits per heavy atom. The molecule has 2 aromatic carbocycles. The minimum absolute atomic E-state index is 0. The van der Waals surface area contributed by atoms with Gasteiger partial charge in [0.2, 0.25) is 0 Å². The standard InChI is InChI=1S/C15H17OP.ClH/c1-12(2)16-13-7-6-10-15(11-13)17-14-8-4-3-5-9-14;/h3-12,17H,1-2H3;1H. The van der Waals surface area contributed by atoms with Crippen molar-refractivity contribution in [1.29, 1.82) is 0 Å². The lowest BCUT2D eigenvalue weighted by atomic mass is 10.3. The Hall–Kier alpha value is -1.04. The number of ether oxygens (including phenoxy) is 1. The molecule has 0 aromatic heterocycles. The van der Waals surface area contributed by atoms with E-state index in [0.29, 0.717) is 8.58 Å². The fourth-order valence-electron chi connectivity index (χ4n) is 1.61. The van der Waals surface area contributed by atoms with Crippen LogP contribution >= 0.6 is 21.0 Å². The average Bonchev–Trinajstić information content (AvgIpc) is 2.30. The van der Waals surface area contributed by atoms with Crippen LogP contribution in [-0.2, 0) is 0 Å². The maximum atomic E-state index is 5.70. The maximum absolute atomic E-state index is 5.70. The number of benzene rings is 2. The summed E-state index contributed by atoms with van der Waals surface area (Å²) in [5.74, 6) is 0.959. The first-order valence-corrected chi connectivity index (χ1v) is 6.83. The third kappa shape index (κ3) is 4.68. The molecular formula is C15H18ClOP. The van der Waals surface area contributed by atoms with Gasteiger partial charge in [0.05, 0.1) is 6.10 Å². The van der Waals surface area contributed by atoms with Crippen molar-refractivity contribution in [2.45, 2.75) is 20.0 Å². The van der Waals surface area contributed by atoms with Crippen LogP contribution < -0.4 is 15.3 Å². The summed E-state index contributed by atoms with van der Waals surface area (Å²) < 4.78 is 5.70. The predicted octanol–water partition coefficient (Wildman–Crippen LogP) is 3.52. The van der Waals surface area contributed by atoms with Gasteiger partial charge in [-0.3, -0.25) is 0 Å². The van der Waals surface area contributed by atoms with E-state index >= 15 is 0 Å². The highest BCUT2D eigenvalue weighted by atomic mass is 35.5. The van der Waals surface area contributed by atoms with Crippen LogP contribution in [-0.4, -0.2) is 6.10 Å². The summed E-state index contributed by atoms with van der Waals surface area (Å²) in [6.45, 7) is 4.10. The normalized spacial score (nSPS) is 10.6. The summed E-state index contributed by atoms with van der Waals surface area (Å²) in [7, 11) is 0.690. The average molecular weight is 281 g/mol. The molecule has 96 valence electrons. The molecule has 0 saturated carbocycles. The van der Waals surface area contributed by atoms with Gasteiger partial charge in [-0.15, -0.1) is 12.4 Å². The monoisotopic (exact) mass is 280 g/mol. The number of rotatable bonds is 4. The lowest BCUT2D eigenvalue weighted by Gasteiger charge is -2.10. The van der Waals surface area contributed by atoms with Crippen molar-refractivity contribution < 1.29 is 4.74 Å². The third-order valence-electron chi connectivity index (χ3n) is 2.27. The number of hydrogen-bond acceptors (Lipinski definition) is 1. The molecule has 1 atom stereocenters. The van der Waals surface area contributed by atoms with Crippen molar-refractivity contribution in [2.24, 2.45) is 0 Å². The van der Waals surface area contributed by atoms with Gasteiger partial charge in [-0.25, -0.2) is 0 Å². The van der Waals surface area contributed by atoms with E-state index in [-0.39, 0.29) is 18.5 Å². The SMILES string of the molecule is CC(C)Oc1cccc(Pc2ccccc2)c1.Cl. The molecule has 0 aliphatic carbocycles. The summed E-state index contributed by atoms with van der Waals surface area (Å²) in [5, 5.41) is 2.67. The Bertz CT molecular complexity index is 471. The van der Waals surface area contributed by atoms with Crippen LogP contribution in [0.25, 0.3) is 0 Å². The summed E-state index contributed by atoms with van der Waals surface area (Å²) in [6.07, 6.45) is 0.227. The smallest absolute Gasteiger partial charge is 0.120 e. The molecule has 0 saturated heterocycles. The first-order valence-electron chi connectivity index (χ1n) is 5.83. The summed E-state index contributed by atoms with van der Waals surface area (Å²) in [4.78, 5) is 0. The molecule has 0 aliphatic rings. The van der Waals surface area contributed by atoms with Crippen molar-refractivity contribution in [3.63, 3.8) is 0 Å². The van der Waals surface area contributed by atoms with E-state index in [0.717, 1.165) is 5.75 Å². The predicted molar refractivity (Wildman–Crippen MR) is 83.5 cm³/mol. The van der Waals surface area contributed by atoms with Crippen LogP contribution in [0.15, 0.2) is 54.6 Å². The van der Waals surface area contributed by atoms with Gasteiger partial charge in [-0.05, 0) is 36.6 Å². The quantitative estimate of drug-likeness (QED) is 0.779. The van der Waals surface area contributed by atoms with E-state index in [1.165, 1.54) is 10.6 Å². The van der Waals surface area contributed by atoms with Crippen molar-refractivity contribution in [2.75, 3.05) is 0 Å². The molecule has 0 spiro atoms. The second-order valence-electron chi connectivity index (χ2n) is 4.19. The van der Waals surface area contributed by atoms with Crippen molar-refractivity contribution in [1.82, 2.24) is 0 Å². The fourth-order valence-corrected chi connectivity index (χ4v) is 2.69. The van der Waals surface area contributed by atoms with Gasteiger partial charge in [0, 0.05) is 0 Å². The molecule has 0 fully saturated rings. The number of halogens is 1. The van der Waals surface area contributed by atoms with Gasteiger partial charge in [0.15, 0.2) is 0 Å². The van der Waals surface area contributed by atoms with Crippen molar-refractivity contribution >= 4 is 31.6 Å². The number of hydrogen-bond donors (Lipinski definition) is 0. The lowest BCUT2D eigenvalue weighted by molar-refractivity contribution is 0.242. The van der Waals surface area contributed by atoms with E-state index in [1.54, 1.807) is 0 Å². The Morgan fingerprint density at radius 1 is 0.889 bits per heavy atom. The van der Waals surface area contributed by atoms with Crippen LogP contribution in [0.2, 0.25) is 0 Å². The highest BCUT2D eigenvalue weighted by molar-refractivity contribution is 7.55. The summed E-state index contributed by atoms with van der Waals surface area (Å²) >= 11 is 0. The highest BCUT2D eigenvalue weighted by Gasteiger charge is 2.00. The largest absolute Gasteiger partial charge is 0.491 e. The zero-order valence-corrected chi connectivity index (χ0v) is 12.4. The highest BCUT2D eigenvalue weighted by Crippen LogP contribution is 2.16. The van der Waals surface area contributed by atoms with Crippen molar-refractivity contribution in [3.8, 4) is 5.75 Å². The van der Waals surface area contributed by atoms with Gasteiger partial charge in [-0.2, -0.15) is 0 Å². The van der Waals surface area contributed by atoms with Gasteiger partial charge in [0.1, 0.15) is 5.75 Å². The molecule has 2 aromatic rings. The molecule has 0 heterocycles. The summed E-state index contributed by atoms with van der Waals surface area (Å²) in [5.41, 5.74) is 0. The first kappa shape index (κ1) is 15.0. The minimum atomic E-state index is 0. The van der Waals surface area contributed by atoms with Gasteiger partial charge in [-0.1, -0.05) is 51.0 Å². The van der Waals surface area contributed by atoms with Crippen LogP contribution in [0.3, 0.4) is 0 Å². The van der Waals surface area contributed by atoms with E-state index in [1.807, 2.05) is 26.0 Å². The first-order chi connectivity index (χ1) is 8.24. The van der Waals surface area contributed by atoms with Crippen LogP contribution in [0.4, 0.5) is 0 Å². The van der Waals surface area contributed by atoms with Crippen LogP contribution in [0, 0.1) is 0 Å². The maximum Gasteiger partial charge on any atom is 0.120 e. The van der Waals surface area contributed by atoms with E-state index in [2.05, 4.69) is 42.5 Å².